The van der Waals surface area contributed by atoms with Crippen LogP contribution in [0.25, 0.3) is 0 Å². The zero-order chi connectivity index (χ0) is 14.5. The topological polar surface area (TPSA) is 55.4 Å². The van der Waals surface area contributed by atoms with Gasteiger partial charge < -0.3 is 28.4 Å². The molecule has 0 bridgehead atoms. The number of rotatable bonds is 9. The standard InChI is InChI=1S/3C4H10O2.Li/c3*1-5-3-4-6-2;/h3*3-4H2,1-2H3;/q;;;+1. The van der Waals surface area contributed by atoms with E-state index in [9.17, 15) is 0 Å². The van der Waals surface area contributed by atoms with E-state index in [0.29, 0.717) is 39.6 Å². The first-order chi connectivity index (χ1) is 8.74. The maximum absolute atomic E-state index is 4.66. The summed E-state index contributed by atoms with van der Waals surface area (Å²) < 4.78 is 27.9. The van der Waals surface area contributed by atoms with Gasteiger partial charge in [0.25, 0.3) is 0 Å². The first-order valence-electron chi connectivity index (χ1n) is 5.68. The summed E-state index contributed by atoms with van der Waals surface area (Å²) in [5, 5.41) is 0. The first kappa shape index (κ1) is 27.7. The van der Waals surface area contributed by atoms with Gasteiger partial charge in [-0.1, -0.05) is 0 Å². The van der Waals surface area contributed by atoms with Crippen molar-refractivity contribution in [1.82, 2.24) is 0 Å². The van der Waals surface area contributed by atoms with Crippen molar-refractivity contribution in [2.45, 2.75) is 0 Å². The molecule has 0 aromatic carbocycles. The zero-order valence-electron chi connectivity index (χ0n) is 13.7. The maximum atomic E-state index is 4.66. The summed E-state index contributed by atoms with van der Waals surface area (Å²) in [6.07, 6.45) is 0. The van der Waals surface area contributed by atoms with E-state index in [-0.39, 0.29) is 18.9 Å². The quantitative estimate of drug-likeness (QED) is 0.353. The van der Waals surface area contributed by atoms with Crippen LogP contribution < -0.4 is 18.9 Å². The van der Waals surface area contributed by atoms with Gasteiger partial charge in [-0.3, -0.25) is 0 Å². The Bertz CT molecular complexity index is 77.2. The fraction of sp³-hybridized carbons (Fsp3) is 1.00. The number of hydrogen-bond acceptors (Lipinski definition) is 6. The largest absolute Gasteiger partial charge is 1.00 e. The molecule has 0 radical (unpaired) electrons. The molecule has 0 aliphatic heterocycles. The molecular weight excluding hydrogens is 247 g/mol. The average Bonchev–Trinajstić information content (AvgIpc) is 2.42. The Morgan fingerprint density at radius 2 is 0.474 bits per heavy atom. The summed E-state index contributed by atoms with van der Waals surface area (Å²) in [5.41, 5.74) is 0. The molecule has 6 nitrogen and oxygen atoms in total. The van der Waals surface area contributed by atoms with Gasteiger partial charge in [-0.05, 0) is 0 Å². The Labute approximate surface area is 130 Å². The first-order valence-corrected chi connectivity index (χ1v) is 5.68. The van der Waals surface area contributed by atoms with E-state index < -0.39 is 0 Å². The number of methoxy groups -OCH3 is 6. The second-order valence-electron chi connectivity index (χ2n) is 2.96. The molecule has 114 valence electrons. The van der Waals surface area contributed by atoms with E-state index in [1.807, 2.05) is 0 Å². The number of ether oxygens (including phenoxy) is 6. The molecule has 0 fully saturated rings. The third-order valence-electron chi connectivity index (χ3n) is 1.47. The van der Waals surface area contributed by atoms with E-state index >= 15 is 0 Å². The van der Waals surface area contributed by atoms with Crippen LogP contribution in [0.15, 0.2) is 0 Å². The van der Waals surface area contributed by atoms with Crippen molar-refractivity contribution < 1.29 is 47.3 Å². The van der Waals surface area contributed by atoms with Crippen LogP contribution in [0.4, 0.5) is 0 Å². The van der Waals surface area contributed by atoms with Gasteiger partial charge in [0.1, 0.15) is 0 Å². The van der Waals surface area contributed by atoms with E-state index in [4.69, 9.17) is 0 Å². The summed E-state index contributed by atoms with van der Waals surface area (Å²) in [5.74, 6) is 0. The minimum absolute atomic E-state index is 0. The van der Waals surface area contributed by atoms with Crippen LogP contribution in [0, 0.1) is 0 Å². The molecule has 0 rings (SSSR count). The monoisotopic (exact) mass is 277 g/mol. The van der Waals surface area contributed by atoms with Crippen molar-refractivity contribution in [3.63, 3.8) is 0 Å². The molecule has 0 aromatic rings. The molecule has 0 saturated carbocycles. The predicted octanol–water partition coefficient (Wildman–Crippen LogP) is -2.16. The smallest absolute Gasteiger partial charge is 0.382 e. The molecule has 0 saturated heterocycles. The fourth-order valence-corrected chi connectivity index (χ4v) is 0.500. The molecule has 0 spiro atoms. The molecule has 0 aromatic heterocycles. The zero-order valence-corrected chi connectivity index (χ0v) is 13.7. The third kappa shape index (κ3) is 56.1. The van der Waals surface area contributed by atoms with E-state index in [2.05, 4.69) is 28.4 Å². The van der Waals surface area contributed by atoms with Crippen molar-refractivity contribution in [2.75, 3.05) is 82.3 Å². The molecule has 0 heterocycles. The van der Waals surface area contributed by atoms with Gasteiger partial charge in [0, 0.05) is 42.7 Å². The van der Waals surface area contributed by atoms with Crippen LogP contribution in [-0.4, -0.2) is 82.3 Å². The van der Waals surface area contributed by atoms with Crippen molar-refractivity contribution >= 4 is 0 Å². The predicted molar refractivity (Wildman–Crippen MR) is 71.3 cm³/mol. The maximum Gasteiger partial charge on any atom is 1.00 e. The molecule has 0 aliphatic rings. The molecule has 0 unspecified atom stereocenters. The van der Waals surface area contributed by atoms with Crippen molar-refractivity contribution in [3.05, 3.63) is 0 Å². The van der Waals surface area contributed by atoms with Gasteiger partial charge in [-0.15, -0.1) is 0 Å². The summed E-state index contributed by atoms with van der Waals surface area (Å²) >= 11 is 0. The second-order valence-corrected chi connectivity index (χ2v) is 2.96. The molecule has 0 N–H and O–H groups in total. The molecule has 7 heteroatoms. The van der Waals surface area contributed by atoms with Gasteiger partial charge in [0.15, 0.2) is 0 Å². The van der Waals surface area contributed by atoms with E-state index in [0.717, 1.165) is 0 Å². The number of hydrogen-bond donors (Lipinski definition) is 0. The molecule has 0 aliphatic carbocycles. The molecule has 0 amide bonds. The molecular formula is C12H30LiO6+. The minimum Gasteiger partial charge on any atom is -0.382 e. The van der Waals surface area contributed by atoms with Crippen LogP contribution in [-0.2, 0) is 28.4 Å². The third-order valence-corrected chi connectivity index (χ3v) is 1.47. The van der Waals surface area contributed by atoms with Crippen LogP contribution in [0.5, 0.6) is 0 Å². The fourth-order valence-electron chi connectivity index (χ4n) is 0.500. The normalized spacial score (nSPS) is 8.53. The van der Waals surface area contributed by atoms with Gasteiger partial charge in [-0.25, -0.2) is 0 Å². The average molecular weight is 277 g/mol. The van der Waals surface area contributed by atoms with Gasteiger partial charge >= 0.3 is 18.9 Å². The minimum atomic E-state index is 0. The molecule has 19 heavy (non-hydrogen) atoms. The summed E-state index contributed by atoms with van der Waals surface area (Å²) in [4.78, 5) is 0. The van der Waals surface area contributed by atoms with Crippen LogP contribution >= 0.6 is 0 Å². The Morgan fingerprint density at radius 3 is 0.526 bits per heavy atom. The van der Waals surface area contributed by atoms with E-state index in [1.165, 1.54) is 0 Å². The van der Waals surface area contributed by atoms with Crippen molar-refractivity contribution in [1.29, 1.82) is 0 Å². The summed E-state index contributed by atoms with van der Waals surface area (Å²) in [6, 6.07) is 0. The van der Waals surface area contributed by atoms with Crippen LogP contribution in [0.2, 0.25) is 0 Å². The van der Waals surface area contributed by atoms with E-state index in [1.54, 1.807) is 42.7 Å². The second kappa shape index (κ2) is 36.2. The Hall–Kier alpha value is 0.357. The summed E-state index contributed by atoms with van der Waals surface area (Å²) in [7, 11) is 9.91. The van der Waals surface area contributed by atoms with Crippen LogP contribution in [0.1, 0.15) is 0 Å². The van der Waals surface area contributed by atoms with Crippen molar-refractivity contribution in [3.8, 4) is 0 Å². The van der Waals surface area contributed by atoms with Gasteiger partial charge in [-0.2, -0.15) is 0 Å². The SMILES string of the molecule is COCCOC.COCCOC.COCCOC.[Li+]. The molecule has 0 atom stereocenters. The van der Waals surface area contributed by atoms with Gasteiger partial charge in [0.05, 0.1) is 39.6 Å². The Balaban J connectivity index is -0.0000000865. The summed E-state index contributed by atoms with van der Waals surface area (Å²) in [6.45, 7) is 4.15. The van der Waals surface area contributed by atoms with Crippen molar-refractivity contribution in [2.24, 2.45) is 0 Å². The van der Waals surface area contributed by atoms with Gasteiger partial charge in [0.2, 0.25) is 0 Å². The Kier molecular flexibility index (Phi) is 52.7. The van der Waals surface area contributed by atoms with Crippen LogP contribution in [0.3, 0.4) is 0 Å². The Morgan fingerprint density at radius 1 is 0.368 bits per heavy atom.